The Morgan fingerprint density at radius 2 is 1.93 bits per heavy atom. The average Bonchev–Trinajstić information content (AvgIpc) is 2.38. The monoisotopic (exact) mass is 206 g/mol. The zero-order chi connectivity index (χ0) is 10.2. The van der Waals surface area contributed by atoms with Gasteiger partial charge in [0.25, 0.3) is 0 Å². The molecule has 0 spiro atoms. The van der Waals surface area contributed by atoms with Gasteiger partial charge in [-0.15, -0.1) is 0 Å². The molecule has 0 saturated carbocycles. The predicted molar refractivity (Wildman–Crippen MR) is 41.8 cm³/mol. The molecular weight excluding hydrogens is 197 g/mol. The molecule has 0 amide bonds. The van der Waals surface area contributed by atoms with Crippen molar-refractivity contribution < 1.29 is 17.6 Å². The SMILES string of the molecule is FC(F)(F)c1nc2c(o1)CCNCC2. The predicted octanol–water partition coefficient (Wildman–Crippen LogP) is 1.38. The van der Waals surface area contributed by atoms with Gasteiger partial charge in [-0.05, 0) is 0 Å². The summed E-state index contributed by atoms with van der Waals surface area (Å²) in [7, 11) is 0. The molecule has 0 saturated heterocycles. The van der Waals surface area contributed by atoms with E-state index in [1.807, 2.05) is 0 Å². The first-order valence-electron chi connectivity index (χ1n) is 4.34. The van der Waals surface area contributed by atoms with Crippen molar-refractivity contribution in [2.24, 2.45) is 0 Å². The Labute approximate surface area is 78.3 Å². The van der Waals surface area contributed by atoms with E-state index in [1.165, 1.54) is 0 Å². The molecule has 0 aromatic carbocycles. The Morgan fingerprint density at radius 3 is 2.64 bits per heavy atom. The lowest BCUT2D eigenvalue weighted by molar-refractivity contribution is -0.157. The van der Waals surface area contributed by atoms with Crippen molar-refractivity contribution in [3.8, 4) is 0 Å². The van der Waals surface area contributed by atoms with E-state index in [0.29, 0.717) is 37.4 Å². The second kappa shape index (κ2) is 3.27. The summed E-state index contributed by atoms with van der Waals surface area (Å²) in [5.41, 5.74) is 0.433. The largest absolute Gasteiger partial charge is 0.468 e. The van der Waals surface area contributed by atoms with Crippen LogP contribution < -0.4 is 5.32 Å². The highest BCUT2D eigenvalue weighted by molar-refractivity contribution is 5.13. The van der Waals surface area contributed by atoms with E-state index < -0.39 is 12.1 Å². The fraction of sp³-hybridized carbons (Fsp3) is 0.625. The first kappa shape index (κ1) is 9.51. The van der Waals surface area contributed by atoms with E-state index in [2.05, 4.69) is 14.7 Å². The van der Waals surface area contributed by atoms with Crippen molar-refractivity contribution in [2.75, 3.05) is 13.1 Å². The molecule has 78 valence electrons. The van der Waals surface area contributed by atoms with Crippen molar-refractivity contribution in [3.63, 3.8) is 0 Å². The molecule has 0 radical (unpaired) electrons. The highest BCUT2D eigenvalue weighted by Gasteiger charge is 2.38. The molecule has 6 heteroatoms. The number of hydrogen-bond acceptors (Lipinski definition) is 3. The van der Waals surface area contributed by atoms with Crippen molar-refractivity contribution in [1.29, 1.82) is 0 Å². The molecule has 2 heterocycles. The highest BCUT2D eigenvalue weighted by atomic mass is 19.4. The zero-order valence-electron chi connectivity index (χ0n) is 7.32. The van der Waals surface area contributed by atoms with E-state index in [9.17, 15) is 13.2 Å². The molecule has 1 aromatic heterocycles. The Balaban J connectivity index is 2.31. The summed E-state index contributed by atoms with van der Waals surface area (Å²) in [6.45, 7) is 1.29. The van der Waals surface area contributed by atoms with Crippen molar-refractivity contribution in [3.05, 3.63) is 17.3 Å². The van der Waals surface area contributed by atoms with Gasteiger partial charge in [-0.25, -0.2) is 4.98 Å². The van der Waals surface area contributed by atoms with Crippen molar-refractivity contribution in [2.45, 2.75) is 19.0 Å². The third-order valence-corrected chi connectivity index (χ3v) is 2.09. The van der Waals surface area contributed by atoms with Crippen LogP contribution in [0.15, 0.2) is 4.42 Å². The third kappa shape index (κ3) is 1.75. The molecule has 2 rings (SSSR count). The van der Waals surface area contributed by atoms with Gasteiger partial charge < -0.3 is 9.73 Å². The minimum atomic E-state index is -4.47. The minimum Gasteiger partial charge on any atom is -0.438 e. The molecule has 0 atom stereocenters. The van der Waals surface area contributed by atoms with Crippen LogP contribution in [0.5, 0.6) is 0 Å². The second-order valence-electron chi connectivity index (χ2n) is 3.14. The topological polar surface area (TPSA) is 38.1 Å². The number of alkyl halides is 3. The van der Waals surface area contributed by atoms with Gasteiger partial charge in [0.2, 0.25) is 0 Å². The van der Waals surface area contributed by atoms with Gasteiger partial charge in [-0.3, -0.25) is 0 Å². The maximum atomic E-state index is 12.2. The lowest BCUT2D eigenvalue weighted by Crippen LogP contribution is -2.17. The normalized spacial score (nSPS) is 17.6. The molecule has 1 aromatic rings. The molecule has 0 unspecified atom stereocenters. The van der Waals surface area contributed by atoms with Crippen molar-refractivity contribution >= 4 is 0 Å². The molecule has 0 fully saturated rings. The summed E-state index contributed by atoms with van der Waals surface area (Å²) in [4.78, 5) is 3.45. The van der Waals surface area contributed by atoms with E-state index in [4.69, 9.17) is 0 Å². The highest BCUT2D eigenvalue weighted by Crippen LogP contribution is 2.30. The molecule has 1 aliphatic heterocycles. The number of oxazole rings is 1. The average molecular weight is 206 g/mol. The van der Waals surface area contributed by atoms with Gasteiger partial charge in [0.15, 0.2) is 0 Å². The van der Waals surface area contributed by atoms with Gasteiger partial charge >= 0.3 is 12.1 Å². The Bertz CT molecular complexity index is 308. The van der Waals surface area contributed by atoms with Crippen LogP contribution in [0, 0.1) is 0 Å². The van der Waals surface area contributed by atoms with Gasteiger partial charge in [0, 0.05) is 25.9 Å². The number of halogens is 3. The van der Waals surface area contributed by atoms with Crippen LogP contribution in [0.4, 0.5) is 13.2 Å². The maximum absolute atomic E-state index is 12.2. The lowest BCUT2D eigenvalue weighted by atomic mass is 10.2. The summed E-state index contributed by atoms with van der Waals surface area (Å²) >= 11 is 0. The number of fused-ring (bicyclic) bond motifs is 1. The zero-order valence-corrected chi connectivity index (χ0v) is 7.32. The molecule has 14 heavy (non-hydrogen) atoms. The van der Waals surface area contributed by atoms with E-state index >= 15 is 0 Å². The molecule has 0 aliphatic carbocycles. The number of nitrogens with zero attached hydrogens (tertiary/aromatic N) is 1. The van der Waals surface area contributed by atoms with Gasteiger partial charge in [0.05, 0.1) is 5.69 Å². The third-order valence-electron chi connectivity index (χ3n) is 2.09. The fourth-order valence-corrected chi connectivity index (χ4v) is 1.43. The maximum Gasteiger partial charge on any atom is 0.468 e. The number of rotatable bonds is 0. The van der Waals surface area contributed by atoms with E-state index in [1.54, 1.807) is 0 Å². The van der Waals surface area contributed by atoms with Crippen LogP contribution in [0.25, 0.3) is 0 Å². The first-order chi connectivity index (χ1) is 6.57. The van der Waals surface area contributed by atoms with E-state index in [-0.39, 0.29) is 0 Å². The summed E-state index contributed by atoms with van der Waals surface area (Å²) in [5.74, 6) is -0.758. The van der Waals surface area contributed by atoms with Crippen LogP contribution >= 0.6 is 0 Å². The van der Waals surface area contributed by atoms with Crippen LogP contribution in [0.3, 0.4) is 0 Å². The Hall–Kier alpha value is -1.04. The molecular formula is C8H9F3N2O. The Kier molecular flexibility index (Phi) is 2.22. The Morgan fingerprint density at radius 1 is 1.21 bits per heavy atom. The molecule has 3 nitrogen and oxygen atoms in total. The smallest absolute Gasteiger partial charge is 0.438 e. The molecule has 1 aliphatic rings. The minimum absolute atomic E-state index is 0.363. The van der Waals surface area contributed by atoms with Crippen LogP contribution in [-0.2, 0) is 19.0 Å². The first-order valence-corrected chi connectivity index (χ1v) is 4.34. The summed E-state index contributed by atoms with van der Waals surface area (Å²) < 4.78 is 41.3. The van der Waals surface area contributed by atoms with Gasteiger partial charge in [-0.1, -0.05) is 0 Å². The van der Waals surface area contributed by atoms with Gasteiger partial charge in [-0.2, -0.15) is 13.2 Å². The van der Waals surface area contributed by atoms with Crippen molar-refractivity contribution in [1.82, 2.24) is 10.3 Å². The second-order valence-corrected chi connectivity index (χ2v) is 3.14. The number of nitrogens with one attached hydrogen (secondary N) is 1. The van der Waals surface area contributed by atoms with Crippen LogP contribution in [-0.4, -0.2) is 18.1 Å². The molecule has 0 bridgehead atoms. The van der Waals surface area contributed by atoms with Crippen LogP contribution in [0.1, 0.15) is 17.3 Å². The lowest BCUT2D eigenvalue weighted by Gasteiger charge is -1.99. The standard InChI is InChI=1S/C8H9F3N2O/c9-8(10,11)7-13-5-1-3-12-4-2-6(5)14-7/h12H,1-4H2. The fourth-order valence-electron chi connectivity index (χ4n) is 1.43. The quantitative estimate of drug-likeness (QED) is 0.696. The van der Waals surface area contributed by atoms with Gasteiger partial charge in [0.1, 0.15) is 5.76 Å². The van der Waals surface area contributed by atoms with Crippen LogP contribution in [0.2, 0.25) is 0 Å². The van der Waals surface area contributed by atoms with E-state index in [0.717, 1.165) is 0 Å². The summed E-state index contributed by atoms with van der Waals surface area (Å²) in [6, 6.07) is 0. The number of aromatic nitrogens is 1. The summed E-state index contributed by atoms with van der Waals surface area (Å²) in [6.07, 6.45) is -3.51. The number of hydrogen-bond donors (Lipinski definition) is 1. The summed E-state index contributed by atoms with van der Waals surface area (Å²) in [5, 5.41) is 3.06. The molecule has 1 N–H and O–H groups in total.